The molecule has 0 unspecified atom stereocenters. The van der Waals surface area contributed by atoms with Crippen molar-refractivity contribution in [2.75, 3.05) is 0 Å². The molecule has 1 aromatic heterocycles. The summed E-state index contributed by atoms with van der Waals surface area (Å²) < 4.78 is 6.25. The zero-order valence-electron chi connectivity index (χ0n) is 21.2. The van der Waals surface area contributed by atoms with Crippen molar-refractivity contribution in [3.63, 3.8) is 0 Å². The number of fused-ring (bicyclic) bond motifs is 3. The molecule has 0 atom stereocenters. The lowest BCUT2D eigenvalue weighted by molar-refractivity contribution is 0.670. The van der Waals surface area contributed by atoms with E-state index in [0.29, 0.717) is 0 Å². The lowest BCUT2D eigenvalue weighted by Crippen LogP contribution is -1.83. The molecule has 0 aliphatic carbocycles. The van der Waals surface area contributed by atoms with Crippen LogP contribution in [0.2, 0.25) is 0 Å². The molecular weight excluding hydrogens is 460 g/mol. The van der Waals surface area contributed by atoms with Crippen molar-refractivity contribution >= 4 is 21.9 Å². The molecule has 0 saturated carbocycles. The molecule has 180 valence electrons. The molecule has 0 radical (unpaired) electrons. The Labute approximate surface area is 222 Å². The fourth-order valence-corrected chi connectivity index (χ4v) is 5.27. The second-order valence-electron chi connectivity index (χ2n) is 9.88. The summed E-state index contributed by atoms with van der Waals surface area (Å²) in [7, 11) is 0. The Bertz CT molecular complexity index is 1870. The van der Waals surface area contributed by atoms with Crippen LogP contribution in [0.1, 0.15) is 5.56 Å². The first-order valence-electron chi connectivity index (χ1n) is 13.0. The van der Waals surface area contributed by atoms with Crippen LogP contribution in [-0.4, -0.2) is 0 Å². The van der Waals surface area contributed by atoms with Crippen molar-refractivity contribution in [3.8, 4) is 44.5 Å². The van der Waals surface area contributed by atoms with Crippen molar-refractivity contribution in [1.29, 1.82) is 0 Å². The fraction of sp³-hybridized carbons (Fsp3) is 0.0270. The standard InChI is InChI=1S/C37H26O/c1-25-9-11-26(12-10-25)27-13-15-28(16-14-27)29-17-19-30(20-18-29)31-21-23-32(24-22-31)33-6-4-7-35-34-5-2-3-8-36(34)38-37(33)35/h2-24H,1H3. The van der Waals surface area contributed by atoms with Gasteiger partial charge in [0.05, 0.1) is 0 Å². The number of benzene rings is 6. The van der Waals surface area contributed by atoms with Crippen molar-refractivity contribution in [2.24, 2.45) is 0 Å². The van der Waals surface area contributed by atoms with E-state index in [9.17, 15) is 0 Å². The van der Waals surface area contributed by atoms with E-state index in [1.165, 1.54) is 38.9 Å². The van der Waals surface area contributed by atoms with Gasteiger partial charge in [-0.25, -0.2) is 0 Å². The molecule has 0 aliphatic heterocycles. The van der Waals surface area contributed by atoms with Gasteiger partial charge in [-0.3, -0.25) is 0 Å². The molecule has 38 heavy (non-hydrogen) atoms. The highest BCUT2D eigenvalue weighted by molar-refractivity contribution is 6.09. The summed E-state index contributed by atoms with van der Waals surface area (Å²) in [6.07, 6.45) is 0. The SMILES string of the molecule is Cc1ccc(-c2ccc(-c3ccc(-c4ccc(-c5cccc6c5oc5ccccc56)cc4)cc3)cc2)cc1. The normalized spacial score (nSPS) is 11.3. The van der Waals surface area contributed by atoms with Gasteiger partial charge in [0.1, 0.15) is 11.2 Å². The van der Waals surface area contributed by atoms with E-state index >= 15 is 0 Å². The number of rotatable bonds is 4. The highest BCUT2D eigenvalue weighted by Crippen LogP contribution is 2.36. The Morgan fingerprint density at radius 2 is 0.789 bits per heavy atom. The van der Waals surface area contributed by atoms with Crippen LogP contribution in [-0.2, 0) is 0 Å². The van der Waals surface area contributed by atoms with Gasteiger partial charge in [0, 0.05) is 16.3 Å². The Morgan fingerprint density at radius 1 is 0.368 bits per heavy atom. The summed E-state index contributed by atoms with van der Waals surface area (Å²) in [4.78, 5) is 0. The van der Waals surface area contributed by atoms with Gasteiger partial charge in [0.25, 0.3) is 0 Å². The van der Waals surface area contributed by atoms with E-state index in [-0.39, 0.29) is 0 Å². The Morgan fingerprint density at radius 3 is 1.32 bits per heavy atom. The number of aryl methyl sites for hydroxylation is 1. The minimum Gasteiger partial charge on any atom is -0.455 e. The maximum Gasteiger partial charge on any atom is 0.143 e. The first-order chi connectivity index (χ1) is 18.7. The van der Waals surface area contributed by atoms with E-state index in [1.807, 2.05) is 12.1 Å². The van der Waals surface area contributed by atoms with Crippen molar-refractivity contribution in [3.05, 3.63) is 145 Å². The average Bonchev–Trinajstić information content (AvgIpc) is 3.37. The van der Waals surface area contributed by atoms with Crippen molar-refractivity contribution in [2.45, 2.75) is 6.92 Å². The number of hydrogen-bond acceptors (Lipinski definition) is 1. The minimum atomic E-state index is 0.927. The monoisotopic (exact) mass is 486 g/mol. The van der Waals surface area contributed by atoms with E-state index in [2.05, 4.69) is 134 Å². The molecule has 1 heteroatoms. The average molecular weight is 487 g/mol. The van der Waals surface area contributed by atoms with Gasteiger partial charge in [0.2, 0.25) is 0 Å². The van der Waals surface area contributed by atoms with E-state index in [1.54, 1.807) is 0 Å². The Balaban J connectivity index is 1.14. The topological polar surface area (TPSA) is 13.1 Å². The second kappa shape index (κ2) is 9.21. The molecule has 0 aliphatic rings. The highest BCUT2D eigenvalue weighted by Gasteiger charge is 2.12. The maximum absolute atomic E-state index is 6.25. The van der Waals surface area contributed by atoms with Crippen LogP contribution in [0.5, 0.6) is 0 Å². The molecule has 6 aromatic carbocycles. The van der Waals surface area contributed by atoms with Crippen LogP contribution in [0, 0.1) is 6.92 Å². The summed E-state index contributed by atoms with van der Waals surface area (Å²) in [6, 6.07) is 49.7. The van der Waals surface area contributed by atoms with Crippen LogP contribution in [0.3, 0.4) is 0 Å². The van der Waals surface area contributed by atoms with Gasteiger partial charge in [0.15, 0.2) is 0 Å². The first-order valence-corrected chi connectivity index (χ1v) is 13.0. The molecule has 0 N–H and O–H groups in total. The summed E-state index contributed by atoms with van der Waals surface area (Å²) in [5.41, 5.74) is 12.8. The first kappa shape index (κ1) is 22.3. The molecule has 0 spiro atoms. The van der Waals surface area contributed by atoms with Gasteiger partial charge in [-0.05, 0) is 51.9 Å². The van der Waals surface area contributed by atoms with E-state index < -0.39 is 0 Å². The van der Waals surface area contributed by atoms with Gasteiger partial charge in [-0.15, -0.1) is 0 Å². The lowest BCUT2D eigenvalue weighted by atomic mass is 9.96. The summed E-state index contributed by atoms with van der Waals surface area (Å²) in [6.45, 7) is 2.12. The van der Waals surface area contributed by atoms with Gasteiger partial charge in [-0.1, -0.05) is 139 Å². The Hall–Kier alpha value is -4.88. The summed E-state index contributed by atoms with van der Waals surface area (Å²) >= 11 is 0. The minimum absolute atomic E-state index is 0.927. The van der Waals surface area contributed by atoms with Crippen LogP contribution in [0.4, 0.5) is 0 Å². The molecule has 1 heterocycles. The van der Waals surface area contributed by atoms with Gasteiger partial charge < -0.3 is 4.42 Å². The largest absolute Gasteiger partial charge is 0.455 e. The quantitative estimate of drug-likeness (QED) is 0.241. The maximum atomic E-state index is 6.25. The summed E-state index contributed by atoms with van der Waals surface area (Å²) in [5.74, 6) is 0. The van der Waals surface area contributed by atoms with Gasteiger partial charge in [-0.2, -0.15) is 0 Å². The molecule has 7 aromatic rings. The Kier molecular flexibility index (Phi) is 5.41. The zero-order valence-corrected chi connectivity index (χ0v) is 21.2. The predicted molar refractivity (Wildman–Crippen MR) is 160 cm³/mol. The molecule has 1 nitrogen and oxygen atoms in total. The molecule has 0 fully saturated rings. The number of hydrogen-bond donors (Lipinski definition) is 0. The molecule has 0 amide bonds. The molecular formula is C37H26O. The lowest BCUT2D eigenvalue weighted by Gasteiger charge is -2.08. The zero-order chi connectivity index (χ0) is 25.5. The summed E-state index contributed by atoms with van der Waals surface area (Å²) in [5, 5.41) is 2.32. The smallest absolute Gasteiger partial charge is 0.143 e. The second-order valence-corrected chi connectivity index (χ2v) is 9.88. The van der Waals surface area contributed by atoms with Crippen LogP contribution in [0.15, 0.2) is 144 Å². The number of furan rings is 1. The van der Waals surface area contributed by atoms with Crippen LogP contribution < -0.4 is 0 Å². The molecule has 0 saturated heterocycles. The third kappa shape index (κ3) is 3.99. The van der Waals surface area contributed by atoms with E-state index in [0.717, 1.165) is 33.1 Å². The third-order valence-electron chi connectivity index (χ3n) is 7.42. The van der Waals surface area contributed by atoms with Gasteiger partial charge >= 0.3 is 0 Å². The molecule has 0 bridgehead atoms. The van der Waals surface area contributed by atoms with Crippen molar-refractivity contribution in [1.82, 2.24) is 0 Å². The van der Waals surface area contributed by atoms with Crippen LogP contribution >= 0.6 is 0 Å². The third-order valence-corrected chi connectivity index (χ3v) is 7.42. The van der Waals surface area contributed by atoms with Crippen LogP contribution in [0.25, 0.3) is 66.4 Å². The van der Waals surface area contributed by atoms with E-state index in [4.69, 9.17) is 4.42 Å². The fourth-order valence-electron chi connectivity index (χ4n) is 5.27. The highest BCUT2D eigenvalue weighted by atomic mass is 16.3. The molecule has 7 rings (SSSR count). The predicted octanol–water partition coefficient (Wildman–Crippen LogP) is 10.6. The number of para-hydroxylation sites is 2. The van der Waals surface area contributed by atoms with Crippen molar-refractivity contribution < 1.29 is 4.42 Å².